The van der Waals surface area contributed by atoms with E-state index in [9.17, 15) is 20.1 Å². The highest BCUT2D eigenvalue weighted by Gasteiger charge is 2.47. The molecule has 3 N–H and O–H groups in total. The molecule has 8 nitrogen and oxygen atoms in total. The monoisotopic (exact) mass is 614 g/mol. The minimum absolute atomic E-state index is 0.0279. The minimum atomic E-state index is -1.48. The van der Waals surface area contributed by atoms with Gasteiger partial charge in [0.25, 0.3) is 0 Å². The second-order valence-electron chi connectivity index (χ2n) is 12.2. The molecule has 0 aliphatic carbocycles. The van der Waals surface area contributed by atoms with Crippen LogP contribution in [-0.4, -0.2) is 78.4 Å². The average molecular weight is 615 g/mol. The molecule has 1 aliphatic rings. The van der Waals surface area contributed by atoms with Crippen molar-refractivity contribution in [3.8, 4) is 0 Å². The van der Waals surface area contributed by atoms with Gasteiger partial charge in [-0.2, -0.15) is 0 Å². The maximum atomic E-state index is 12.6. The van der Waals surface area contributed by atoms with Crippen molar-refractivity contribution >= 4 is 5.97 Å². The van der Waals surface area contributed by atoms with Crippen LogP contribution >= 0.6 is 0 Å². The van der Waals surface area contributed by atoms with Gasteiger partial charge in [-0.3, -0.25) is 4.79 Å². The summed E-state index contributed by atoms with van der Waals surface area (Å²) < 4.78 is 22.5. The molecule has 8 heteroatoms. The molecule has 1 fully saturated rings. The first-order chi connectivity index (χ1) is 21.0. The number of unbranched alkanes of at least 4 members (excludes halogenated alkanes) is 15. The zero-order chi connectivity index (χ0) is 31.5. The van der Waals surface area contributed by atoms with Crippen molar-refractivity contribution in [3.05, 3.63) is 12.2 Å². The molecule has 1 aliphatic heterocycles. The number of methoxy groups -OCH3 is 1. The van der Waals surface area contributed by atoms with Gasteiger partial charge < -0.3 is 34.3 Å². The van der Waals surface area contributed by atoms with Gasteiger partial charge in [-0.15, -0.1) is 0 Å². The highest BCUT2D eigenvalue weighted by Crippen LogP contribution is 2.26. The number of carbonyl (C=O) groups excluding carboxylic acids is 1. The predicted octanol–water partition coefficient (Wildman–Crippen LogP) is 7.16. The molecule has 0 aromatic carbocycles. The molecule has 0 aromatic heterocycles. The molecule has 1 saturated heterocycles. The Kier molecular flexibility index (Phi) is 25.4. The van der Waals surface area contributed by atoms with Crippen molar-refractivity contribution in [2.75, 3.05) is 20.3 Å². The van der Waals surface area contributed by atoms with Gasteiger partial charge in [0.2, 0.25) is 0 Å². The third-order valence-corrected chi connectivity index (χ3v) is 8.44. The summed E-state index contributed by atoms with van der Waals surface area (Å²) in [6.07, 6.45) is 21.8. The lowest BCUT2D eigenvalue weighted by atomic mass is 9.98. The molecule has 0 saturated carbocycles. The summed E-state index contributed by atoms with van der Waals surface area (Å²) >= 11 is 0. The number of aliphatic hydroxyl groups is 3. The minimum Gasteiger partial charge on any atom is -0.454 e. The predicted molar refractivity (Wildman–Crippen MR) is 172 cm³/mol. The summed E-state index contributed by atoms with van der Waals surface area (Å²) in [7, 11) is 1.69. The van der Waals surface area contributed by atoms with Gasteiger partial charge >= 0.3 is 5.97 Å². The maximum Gasteiger partial charge on any atom is 0.306 e. The van der Waals surface area contributed by atoms with E-state index in [1.54, 1.807) is 7.11 Å². The molecular formula is C35H66O8. The Morgan fingerprint density at radius 2 is 1.33 bits per heavy atom. The van der Waals surface area contributed by atoms with Crippen molar-refractivity contribution in [2.45, 2.75) is 185 Å². The second kappa shape index (κ2) is 27.3. The molecule has 6 atom stereocenters. The first-order valence-electron chi connectivity index (χ1n) is 17.6. The number of hydrogen-bond donors (Lipinski definition) is 3. The van der Waals surface area contributed by atoms with Crippen LogP contribution < -0.4 is 0 Å². The van der Waals surface area contributed by atoms with Crippen molar-refractivity contribution in [3.63, 3.8) is 0 Å². The zero-order valence-corrected chi connectivity index (χ0v) is 27.8. The smallest absolute Gasteiger partial charge is 0.306 e. The number of aliphatic hydroxyl groups excluding tert-OH is 3. The number of esters is 1. The second-order valence-corrected chi connectivity index (χ2v) is 12.2. The molecule has 1 rings (SSSR count). The van der Waals surface area contributed by atoms with Crippen LogP contribution in [0.25, 0.3) is 0 Å². The summed E-state index contributed by atoms with van der Waals surface area (Å²) in [5, 5.41) is 30.9. The number of ether oxygens (including phenoxy) is 4. The van der Waals surface area contributed by atoms with E-state index in [1.165, 1.54) is 83.5 Å². The molecule has 0 amide bonds. The lowest BCUT2D eigenvalue weighted by Crippen LogP contribution is -2.60. The van der Waals surface area contributed by atoms with Crippen LogP contribution in [0, 0.1) is 0 Å². The highest BCUT2D eigenvalue weighted by molar-refractivity contribution is 5.69. The van der Waals surface area contributed by atoms with E-state index in [2.05, 4.69) is 26.0 Å². The van der Waals surface area contributed by atoms with E-state index in [1.807, 2.05) is 0 Å². The first kappa shape index (κ1) is 40.0. The fourth-order valence-corrected chi connectivity index (χ4v) is 5.62. The van der Waals surface area contributed by atoms with E-state index in [-0.39, 0.29) is 19.1 Å². The number of allylic oxidation sites excluding steroid dienone is 2. The van der Waals surface area contributed by atoms with Gasteiger partial charge in [0, 0.05) is 20.1 Å². The fourth-order valence-electron chi connectivity index (χ4n) is 5.62. The Morgan fingerprint density at radius 3 is 1.93 bits per heavy atom. The van der Waals surface area contributed by atoms with Gasteiger partial charge in [0.15, 0.2) is 12.4 Å². The molecule has 1 heterocycles. The molecule has 0 spiro atoms. The van der Waals surface area contributed by atoms with E-state index in [4.69, 9.17) is 18.9 Å². The average Bonchev–Trinajstić information content (AvgIpc) is 3.00. The number of rotatable bonds is 28. The van der Waals surface area contributed by atoms with Gasteiger partial charge in [-0.1, -0.05) is 109 Å². The summed E-state index contributed by atoms with van der Waals surface area (Å²) in [6.45, 7) is 4.23. The highest BCUT2D eigenvalue weighted by atomic mass is 16.7. The number of carbonyl (C=O) groups is 1. The van der Waals surface area contributed by atoms with Crippen molar-refractivity contribution in [1.29, 1.82) is 0 Å². The van der Waals surface area contributed by atoms with Crippen LogP contribution in [0.5, 0.6) is 0 Å². The Morgan fingerprint density at radius 1 is 0.767 bits per heavy atom. The van der Waals surface area contributed by atoms with Crippen molar-refractivity contribution in [1.82, 2.24) is 0 Å². The quantitative estimate of drug-likeness (QED) is 0.0483. The van der Waals surface area contributed by atoms with Crippen LogP contribution in [-0.2, 0) is 23.7 Å². The van der Waals surface area contributed by atoms with Gasteiger partial charge in [0.05, 0.1) is 12.7 Å². The van der Waals surface area contributed by atoms with Crippen molar-refractivity contribution < 1.29 is 39.1 Å². The topological polar surface area (TPSA) is 115 Å². The molecular weight excluding hydrogens is 548 g/mol. The lowest BCUT2D eigenvalue weighted by molar-refractivity contribution is -0.298. The third kappa shape index (κ3) is 19.2. The van der Waals surface area contributed by atoms with E-state index >= 15 is 0 Å². The van der Waals surface area contributed by atoms with Crippen LogP contribution in [0.2, 0.25) is 0 Å². The standard InChI is InChI=1S/C35H66O8/c1-4-6-8-10-11-12-13-14-15-16-17-18-19-21-23-25-31(37)43-34-33(32(38)30(28-36)42-35(34)39)41-27-26-29(40-3)24-22-20-9-7-5-2/h12-13,29-30,32-36,38-39H,4-11,14-28H2,1-3H3/t29-,30-,32-,33+,34-,35+/m1/s1. The Labute approximate surface area is 262 Å². The summed E-state index contributed by atoms with van der Waals surface area (Å²) in [4.78, 5) is 12.6. The normalized spacial score (nSPS) is 23.2. The van der Waals surface area contributed by atoms with Gasteiger partial charge in [0.1, 0.15) is 18.3 Å². The largest absolute Gasteiger partial charge is 0.454 e. The molecule has 0 radical (unpaired) electrons. The van der Waals surface area contributed by atoms with Gasteiger partial charge in [-0.25, -0.2) is 0 Å². The lowest BCUT2D eigenvalue weighted by Gasteiger charge is -2.41. The van der Waals surface area contributed by atoms with E-state index in [0.29, 0.717) is 12.8 Å². The van der Waals surface area contributed by atoms with E-state index in [0.717, 1.165) is 32.1 Å². The van der Waals surface area contributed by atoms with Crippen LogP contribution in [0.15, 0.2) is 12.2 Å². The zero-order valence-electron chi connectivity index (χ0n) is 27.8. The number of hydrogen-bond acceptors (Lipinski definition) is 8. The molecule has 0 aromatic rings. The summed E-state index contributed by atoms with van der Waals surface area (Å²) in [6, 6.07) is 0. The van der Waals surface area contributed by atoms with Crippen LogP contribution in [0.4, 0.5) is 0 Å². The molecule has 43 heavy (non-hydrogen) atoms. The van der Waals surface area contributed by atoms with Crippen LogP contribution in [0.1, 0.15) is 149 Å². The molecule has 0 bridgehead atoms. The summed E-state index contributed by atoms with van der Waals surface area (Å²) in [5.74, 6) is -0.445. The fraction of sp³-hybridized carbons (Fsp3) is 0.914. The molecule has 0 unspecified atom stereocenters. The third-order valence-electron chi connectivity index (χ3n) is 8.44. The Hall–Kier alpha value is -1.03. The Bertz CT molecular complexity index is 672. The maximum absolute atomic E-state index is 12.6. The Balaban J connectivity index is 2.31. The van der Waals surface area contributed by atoms with Crippen molar-refractivity contribution in [2.24, 2.45) is 0 Å². The first-order valence-corrected chi connectivity index (χ1v) is 17.6. The van der Waals surface area contributed by atoms with E-state index < -0.39 is 43.3 Å². The SMILES string of the molecule is CCCCCCC=CCCCCCCCCCC(=O)O[C@@H]1[C@@H](OCC[C@@H](CCCCCCC)OC)[C@H](O)[C@@H](CO)O[C@@H]1O. The molecule has 254 valence electrons. The summed E-state index contributed by atoms with van der Waals surface area (Å²) in [5.41, 5.74) is 0. The van der Waals surface area contributed by atoms with Crippen LogP contribution in [0.3, 0.4) is 0 Å². The van der Waals surface area contributed by atoms with Gasteiger partial charge in [-0.05, 0) is 44.9 Å².